The largest absolute Gasteiger partial charge is 0.481 e. The second-order valence-corrected chi connectivity index (χ2v) is 8.60. The van der Waals surface area contributed by atoms with Crippen molar-refractivity contribution in [1.29, 1.82) is 0 Å². The van der Waals surface area contributed by atoms with Gasteiger partial charge in [-0.15, -0.1) is 10.2 Å². The van der Waals surface area contributed by atoms with E-state index in [2.05, 4.69) is 10.2 Å². The average Bonchev–Trinajstić information content (AvgIpc) is 2.73. The zero-order valence-corrected chi connectivity index (χ0v) is 12.6. The Morgan fingerprint density at radius 1 is 1.58 bits per heavy atom. The average molecular weight is 323 g/mol. The van der Waals surface area contributed by atoms with Crippen molar-refractivity contribution in [1.82, 2.24) is 10.2 Å². The third kappa shape index (κ3) is 3.80. The first kappa shape index (κ1) is 14.5. The molecule has 2 heterocycles. The van der Waals surface area contributed by atoms with Gasteiger partial charge in [-0.1, -0.05) is 23.1 Å². The maximum Gasteiger partial charge on any atom is 0.313 e. The van der Waals surface area contributed by atoms with Crippen LogP contribution in [0.3, 0.4) is 0 Å². The molecule has 0 spiro atoms. The minimum Gasteiger partial charge on any atom is -0.481 e. The fraction of sp³-hybridized carbons (Fsp3) is 0.667. The molecule has 0 saturated carbocycles. The molecule has 0 aromatic carbocycles. The summed E-state index contributed by atoms with van der Waals surface area (Å²) in [5.74, 6) is -0.726. The first-order valence-electron chi connectivity index (χ1n) is 5.52. The van der Waals surface area contributed by atoms with Gasteiger partial charge in [0.1, 0.15) is 0 Å². The summed E-state index contributed by atoms with van der Waals surface area (Å²) in [6, 6.07) is -0.135. The Balaban J connectivity index is 2.04. The Bertz CT molecular complexity index is 571. The lowest BCUT2D eigenvalue weighted by atomic mass is 10.3. The molecule has 1 aliphatic rings. The number of hydrogen-bond acceptors (Lipinski definition) is 8. The van der Waals surface area contributed by atoms with Crippen molar-refractivity contribution in [2.75, 3.05) is 28.7 Å². The first-order chi connectivity index (χ1) is 8.87. The molecule has 0 radical (unpaired) electrons. The summed E-state index contributed by atoms with van der Waals surface area (Å²) in [6.07, 6.45) is 0. The van der Waals surface area contributed by atoms with E-state index in [-0.39, 0.29) is 23.3 Å². The summed E-state index contributed by atoms with van der Waals surface area (Å²) in [7, 11) is -2.96. The van der Waals surface area contributed by atoms with E-state index in [1.165, 1.54) is 11.3 Å². The van der Waals surface area contributed by atoms with Gasteiger partial charge in [-0.3, -0.25) is 4.79 Å². The van der Waals surface area contributed by atoms with Crippen LogP contribution in [0.5, 0.6) is 0 Å². The Morgan fingerprint density at radius 2 is 2.32 bits per heavy atom. The molecule has 1 N–H and O–H groups in total. The third-order valence-corrected chi connectivity index (χ3v) is 6.50. The number of thioether (sulfide) groups is 1. The van der Waals surface area contributed by atoms with Gasteiger partial charge in [-0.25, -0.2) is 8.42 Å². The van der Waals surface area contributed by atoms with Crippen LogP contribution in [0.15, 0.2) is 4.34 Å². The van der Waals surface area contributed by atoms with E-state index in [1.54, 1.807) is 0 Å². The van der Waals surface area contributed by atoms with Gasteiger partial charge in [0.15, 0.2) is 14.2 Å². The zero-order chi connectivity index (χ0) is 14.0. The molecule has 1 fully saturated rings. The molecule has 0 amide bonds. The highest BCUT2D eigenvalue weighted by atomic mass is 32.2. The molecule has 1 aliphatic heterocycles. The van der Waals surface area contributed by atoms with Crippen LogP contribution < -0.4 is 4.90 Å². The highest BCUT2D eigenvalue weighted by molar-refractivity contribution is 8.01. The van der Waals surface area contributed by atoms with E-state index in [1.807, 2.05) is 11.8 Å². The summed E-state index contributed by atoms with van der Waals surface area (Å²) >= 11 is 2.41. The summed E-state index contributed by atoms with van der Waals surface area (Å²) in [6.45, 7) is 2.24. The minimum absolute atomic E-state index is 0.0570. The van der Waals surface area contributed by atoms with Crippen molar-refractivity contribution >= 4 is 44.0 Å². The first-order valence-corrected chi connectivity index (χ1v) is 9.15. The molecule has 7 nitrogen and oxygen atoms in total. The Kier molecular flexibility index (Phi) is 4.31. The molecule has 1 saturated heterocycles. The molecule has 106 valence electrons. The number of anilines is 1. The third-order valence-electron chi connectivity index (χ3n) is 2.63. The second kappa shape index (κ2) is 5.63. The molecule has 1 aromatic rings. The van der Waals surface area contributed by atoms with Crippen molar-refractivity contribution in [2.24, 2.45) is 0 Å². The lowest BCUT2D eigenvalue weighted by Crippen LogP contribution is -2.47. The highest BCUT2D eigenvalue weighted by Crippen LogP contribution is 2.30. The maximum atomic E-state index is 11.5. The number of sulfone groups is 1. The lowest BCUT2D eigenvalue weighted by Gasteiger charge is -2.32. The van der Waals surface area contributed by atoms with E-state index >= 15 is 0 Å². The second-order valence-electron chi connectivity index (χ2n) is 4.19. The van der Waals surface area contributed by atoms with Crippen LogP contribution >= 0.6 is 23.1 Å². The van der Waals surface area contributed by atoms with Crippen molar-refractivity contribution in [3.8, 4) is 0 Å². The number of aromatic nitrogens is 2. The van der Waals surface area contributed by atoms with Gasteiger partial charge < -0.3 is 10.0 Å². The van der Waals surface area contributed by atoms with Crippen LogP contribution in [-0.2, 0) is 14.6 Å². The predicted octanol–water partition coefficient (Wildman–Crippen LogP) is 0.338. The monoisotopic (exact) mass is 323 g/mol. The van der Waals surface area contributed by atoms with Crippen molar-refractivity contribution < 1.29 is 18.3 Å². The molecular weight excluding hydrogens is 310 g/mol. The molecule has 10 heteroatoms. The normalized spacial score (nSPS) is 22.4. The van der Waals surface area contributed by atoms with Crippen LogP contribution in [0.4, 0.5) is 5.13 Å². The highest BCUT2D eigenvalue weighted by Gasteiger charge is 2.30. The van der Waals surface area contributed by atoms with Crippen molar-refractivity contribution in [3.05, 3.63) is 0 Å². The van der Waals surface area contributed by atoms with E-state index < -0.39 is 15.8 Å². The van der Waals surface area contributed by atoms with Gasteiger partial charge in [0.2, 0.25) is 5.13 Å². The number of carboxylic acids is 1. The Labute approximate surface area is 118 Å². The summed E-state index contributed by atoms with van der Waals surface area (Å²) in [5.41, 5.74) is 0. The van der Waals surface area contributed by atoms with E-state index in [0.29, 0.717) is 16.0 Å². The molecule has 1 aromatic heterocycles. The summed E-state index contributed by atoms with van der Waals surface area (Å²) in [5, 5.41) is 17.1. The van der Waals surface area contributed by atoms with Gasteiger partial charge in [-0.05, 0) is 6.92 Å². The SMILES string of the molecule is CC1CS(=O)(=O)CCN1c1nnc(SCC(=O)O)s1. The van der Waals surface area contributed by atoms with Crippen LogP contribution in [0.2, 0.25) is 0 Å². The number of hydrogen-bond donors (Lipinski definition) is 1. The van der Waals surface area contributed by atoms with Gasteiger partial charge in [0.25, 0.3) is 0 Å². The van der Waals surface area contributed by atoms with Gasteiger partial charge in [0.05, 0.1) is 17.3 Å². The van der Waals surface area contributed by atoms with Gasteiger partial charge >= 0.3 is 5.97 Å². The zero-order valence-electron chi connectivity index (χ0n) is 10.1. The van der Waals surface area contributed by atoms with Crippen LogP contribution in [0.1, 0.15) is 6.92 Å². The number of nitrogens with zero attached hydrogens (tertiary/aromatic N) is 3. The minimum atomic E-state index is -2.96. The maximum absolute atomic E-state index is 11.5. The van der Waals surface area contributed by atoms with E-state index in [9.17, 15) is 13.2 Å². The van der Waals surface area contributed by atoms with E-state index in [0.717, 1.165) is 11.8 Å². The molecule has 2 rings (SSSR count). The lowest BCUT2D eigenvalue weighted by molar-refractivity contribution is -0.133. The summed E-state index contributed by atoms with van der Waals surface area (Å²) in [4.78, 5) is 12.4. The molecule has 1 atom stereocenters. The topological polar surface area (TPSA) is 100 Å². The smallest absolute Gasteiger partial charge is 0.313 e. The summed E-state index contributed by atoms with van der Waals surface area (Å²) < 4.78 is 23.6. The van der Waals surface area contributed by atoms with E-state index in [4.69, 9.17) is 5.11 Å². The van der Waals surface area contributed by atoms with Crippen LogP contribution in [-0.4, -0.2) is 59.5 Å². The molecule has 0 bridgehead atoms. The Morgan fingerprint density at radius 3 is 2.95 bits per heavy atom. The molecule has 1 unspecified atom stereocenters. The van der Waals surface area contributed by atoms with Gasteiger partial charge in [0, 0.05) is 12.6 Å². The Hall–Kier alpha value is -0.870. The number of carbonyl (C=O) groups is 1. The molecular formula is C9H13N3O4S3. The number of rotatable bonds is 4. The fourth-order valence-electron chi connectivity index (χ4n) is 1.78. The number of carboxylic acid groups (broad SMARTS) is 1. The van der Waals surface area contributed by atoms with Gasteiger partial charge in [-0.2, -0.15) is 0 Å². The standard InChI is InChI=1S/C9H13N3O4S3/c1-6-5-19(15,16)3-2-12(6)8-10-11-9(18-8)17-4-7(13)14/h6H,2-5H2,1H3,(H,13,14). The van der Waals surface area contributed by atoms with Crippen molar-refractivity contribution in [2.45, 2.75) is 17.3 Å². The van der Waals surface area contributed by atoms with Crippen LogP contribution in [0, 0.1) is 0 Å². The quantitative estimate of drug-likeness (QED) is 0.792. The van der Waals surface area contributed by atoms with Crippen molar-refractivity contribution in [3.63, 3.8) is 0 Å². The van der Waals surface area contributed by atoms with Crippen LogP contribution in [0.25, 0.3) is 0 Å². The molecule has 0 aliphatic carbocycles. The molecule has 19 heavy (non-hydrogen) atoms. The number of aliphatic carboxylic acids is 1. The predicted molar refractivity (Wildman–Crippen MR) is 73.7 cm³/mol. The fourth-order valence-corrected chi connectivity index (χ4v) is 5.03.